The maximum atomic E-state index is 10.8. The molecule has 0 aliphatic heterocycles. The topological polar surface area (TPSA) is 94.9 Å². The van der Waals surface area contributed by atoms with Crippen molar-refractivity contribution in [3.8, 4) is 11.3 Å². The minimum Gasteiger partial charge on any atom is -0.399 e. The number of carbonyl (C=O) groups excluding carboxylic acids is 1. The molecule has 2 aromatic rings. The third-order valence-corrected chi connectivity index (χ3v) is 2.73. The van der Waals surface area contributed by atoms with E-state index in [1.807, 2.05) is 19.1 Å². The molecule has 0 aliphatic carbocycles. The summed E-state index contributed by atoms with van der Waals surface area (Å²) in [4.78, 5) is 19.0. The average molecular weight is 242 g/mol. The van der Waals surface area contributed by atoms with Crippen molar-refractivity contribution in [3.05, 3.63) is 35.7 Å². The Morgan fingerprint density at radius 3 is 2.78 bits per heavy atom. The van der Waals surface area contributed by atoms with Crippen LogP contribution in [-0.4, -0.2) is 16.3 Å². The van der Waals surface area contributed by atoms with E-state index in [0.717, 1.165) is 17.5 Å². The molecule has 0 amide bonds. The SMILES string of the molecule is CCc1cc(N)ccc1-c1cnc(N)c(C=O)n1. The molecule has 1 heterocycles. The van der Waals surface area contributed by atoms with Crippen molar-refractivity contribution in [2.24, 2.45) is 0 Å². The van der Waals surface area contributed by atoms with E-state index in [2.05, 4.69) is 9.97 Å². The lowest BCUT2D eigenvalue weighted by Crippen LogP contribution is -2.02. The van der Waals surface area contributed by atoms with Gasteiger partial charge in [-0.25, -0.2) is 9.97 Å². The molecule has 5 heteroatoms. The first-order valence-electron chi connectivity index (χ1n) is 5.62. The molecule has 0 atom stereocenters. The Hall–Kier alpha value is -2.43. The number of nitrogen functional groups attached to an aromatic ring is 2. The number of nitrogens with two attached hydrogens (primary N) is 2. The van der Waals surface area contributed by atoms with Gasteiger partial charge in [0.05, 0.1) is 11.9 Å². The lowest BCUT2D eigenvalue weighted by Gasteiger charge is -2.09. The van der Waals surface area contributed by atoms with Crippen molar-refractivity contribution >= 4 is 17.8 Å². The fourth-order valence-corrected chi connectivity index (χ4v) is 1.79. The minimum atomic E-state index is 0.141. The van der Waals surface area contributed by atoms with Gasteiger partial charge < -0.3 is 11.5 Å². The Morgan fingerprint density at radius 1 is 1.33 bits per heavy atom. The minimum absolute atomic E-state index is 0.141. The monoisotopic (exact) mass is 242 g/mol. The van der Waals surface area contributed by atoms with Crippen LogP contribution in [0.4, 0.5) is 11.5 Å². The van der Waals surface area contributed by atoms with Crippen LogP contribution in [0.3, 0.4) is 0 Å². The molecule has 0 aliphatic rings. The molecule has 0 spiro atoms. The van der Waals surface area contributed by atoms with Crippen LogP contribution in [0.2, 0.25) is 0 Å². The van der Waals surface area contributed by atoms with Crippen molar-refractivity contribution in [1.29, 1.82) is 0 Å². The van der Waals surface area contributed by atoms with Crippen LogP contribution in [0.25, 0.3) is 11.3 Å². The average Bonchev–Trinajstić information content (AvgIpc) is 2.39. The van der Waals surface area contributed by atoms with Gasteiger partial charge in [0.1, 0.15) is 5.69 Å². The van der Waals surface area contributed by atoms with E-state index in [1.165, 1.54) is 0 Å². The molecule has 0 unspecified atom stereocenters. The second-order valence-electron chi connectivity index (χ2n) is 3.91. The molecule has 0 saturated heterocycles. The second-order valence-corrected chi connectivity index (χ2v) is 3.91. The zero-order chi connectivity index (χ0) is 13.1. The molecule has 2 rings (SSSR count). The Kier molecular flexibility index (Phi) is 3.23. The van der Waals surface area contributed by atoms with Crippen LogP contribution >= 0.6 is 0 Å². The number of benzene rings is 1. The summed E-state index contributed by atoms with van der Waals surface area (Å²) in [5, 5.41) is 0. The van der Waals surface area contributed by atoms with Gasteiger partial charge in [0, 0.05) is 11.3 Å². The smallest absolute Gasteiger partial charge is 0.172 e. The van der Waals surface area contributed by atoms with Gasteiger partial charge in [0.15, 0.2) is 12.1 Å². The quantitative estimate of drug-likeness (QED) is 0.630. The highest BCUT2D eigenvalue weighted by atomic mass is 16.1. The summed E-state index contributed by atoms with van der Waals surface area (Å²) < 4.78 is 0. The van der Waals surface area contributed by atoms with Gasteiger partial charge in [-0.3, -0.25) is 4.79 Å². The van der Waals surface area contributed by atoms with Crippen molar-refractivity contribution < 1.29 is 4.79 Å². The maximum Gasteiger partial charge on any atom is 0.172 e. The molecular formula is C13H14N4O. The first kappa shape index (κ1) is 12.0. The van der Waals surface area contributed by atoms with Crippen molar-refractivity contribution in [1.82, 2.24) is 9.97 Å². The van der Waals surface area contributed by atoms with Crippen LogP contribution in [0.15, 0.2) is 24.4 Å². The fourth-order valence-electron chi connectivity index (χ4n) is 1.79. The number of anilines is 2. The van der Waals surface area contributed by atoms with Crippen molar-refractivity contribution in [3.63, 3.8) is 0 Å². The molecule has 1 aromatic carbocycles. The highest BCUT2D eigenvalue weighted by Gasteiger charge is 2.09. The summed E-state index contributed by atoms with van der Waals surface area (Å²) in [6, 6.07) is 5.57. The third-order valence-electron chi connectivity index (χ3n) is 2.73. The molecule has 18 heavy (non-hydrogen) atoms. The van der Waals surface area contributed by atoms with Gasteiger partial charge in [-0.1, -0.05) is 13.0 Å². The molecule has 4 N–H and O–H groups in total. The van der Waals surface area contributed by atoms with Crippen molar-refractivity contribution in [2.45, 2.75) is 13.3 Å². The summed E-state index contributed by atoms with van der Waals surface area (Å²) in [5.74, 6) is 0.141. The number of aldehydes is 1. The van der Waals surface area contributed by atoms with Gasteiger partial charge >= 0.3 is 0 Å². The highest BCUT2D eigenvalue weighted by molar-refractivity contribution is 5.80. The van der Waals surface area contributed by atoms with E-state index < -0.39 is 0 Å². The molecule has 0 saturated carbocycles. The Labute approximate surface area is 105 Å². The van der Waals surface area contributed by atoms with Crippen LogP contribution in [0.1, 0.15) is 23.0 Å². The Bertz CT molecular complexity index is 596. The summed E-state index contributed by atoms with van der Waals surface area (Å²) in [5.41, 5.74) is 14.8. The number of hydrogen-bond acceptors (Lipinski definition) is 5. The number of nitrogens with zero attached hydrogens (tertiary/aromatic N) is 2. The third kappa shape index (κ3) is 2.15. The first-order chi connectivity index (χ1) is 8.65. The lowest BCUT2D eigenvalue weighted by atomic mass is 10.0. The van der Waals surface area contributed by atoms with E-state index in [4.69, 9.17) is 11.5 Å². The number of rotatable bonds is 3. The predicted octanol–water partition coefficient (Wildman–Crippen LogP) is 1.68. The van der Waals surface area contributed by atoms with Gasteiger partial charge in [-0.15, -0.1) is 0 Å². The van der Waals surface area contributed by atoms with Gasteiger partial charge in [-0.05, 0) is 24.1 Å². The zero-order valence-electron chi connectivity index (χ0n) is 10.1. The number of aromatic nitrogens is 2. The van der Waals surface area contributed by atoms with Gasteiger partial charge in [0.25, 0.3) is 0 Å². The highest BCUT2D eigenvalue weighted by Crippen LogP contribution is 2.24. The standard InChI is InChI=1S/C13H14N4O/c1-2-8-5-9(14)3-4-10(8)11-6-16-13(15)12(7-18)17-11/h3-7H,2,14H2,1H3,(H2,15,16). The summed E-state index contributed by atoms with van der Waals surface area (Å²) in [7, 11) is 0. The normalized spacial score (nSPS) is 10.3. The molecule has 5 nitrogen and oxygen atoms in total. The van der Waals surface area contributed by atoms with Crippen LogP contribution in [0.5, 0.6) is 0 Å². The number of hydrogen-bond donors (Lipinski definition) is 2. The predicted molar refractivity (Wildman–Crippen MR) is 71.1 cm³/mol. The van der Waals surface area contributed by atoms with E-state index in [-0.39, 0.29) is 11.5 Å². The molecular weight excluding hydrogens is 228 g/mol. The van der Waals surface area contributed by atoms with Crippen LogP contribution in [-0.2, 0) is 6.42 Å². The lowest BCUT2D eigenvalue weighted by molar-refractivity contribution is 0.111. The second kappa shape index (κ2) is 4.83. The van der Waals surface area contributed by atoms with E-state index in [1.54, 1.807) is 12.3 Å². The first-order valence-corrected chi connectivity index (χ1v) is 5.62. The fraction of sp³-hybridized carbons (Fsp3) is 0.154. The molecule has 0 fully saturated rings. The van der Waals surface area contributed by atoms with Crippen molar-refractivity contribution in [2.75, 3.05) is 11.5 Å². The van der Waals surface area contributed by atoms with Gasteiger partial charge in [0.2, 0.25) is 0 Å². The molecule has 0 bridgehead atoms. The van der Waals surface area contributed by atoms with Crippen LogP contribution < -0.4 is 11.5 Å². The molecule has 92 valence electrons. The maximum absolute atomic E-state index is 10.8. The van der Waals surface area contributed by atoms with E-state index >= 15 is 0 Å². The zero-order valence-corrected chi connectivity index (χ0v) is 10.1. The van der Waals surface area contributed by atoms with Crippen LogP contribution in [0, 0.1) is 0 Å². The van der Waals surface area contributed by atoms with Gasteiger partial charge in [-0.2, -0.15) is 0 Å². The molecule has 0 radical (unpaired) electrons. The van der Waals surface area contributed by atoms with E-state index in [0.29, 0.717) is 17.7 Å². The Morgan fingerprint density at radius 2 is 2.11 bits per heavy atom. The molecule has 1 aromatic heterocycles. The summed E-state index contributed by atoms with van der Waals surface area (Å²) in [6.45, 7) is 2.03. The summed E-state index contributed by atoms with van der Waals surface area (Å²) in [6.07, 6.45) is 2.99. The largest absolute Gasteiger partial charge is 0.399 e. The number of carbonyl (C=O) groups is 1. The van der Waals surface area contributed by atoms with E-state index in [9.17, 15) is 4.79 Å². The number of aryl methyl sites for hydroxylation is 1. The summed E-state index contributed by atoms with van der Waals surface area (Å²) >= 11 is 0. The Balaban J connectivity index is 2.58.